The molecule has 0 bridgehead atoms. The Hall–Kier alpha value is -1.77. The van der Waals surface area contributed by atoms with E-state index in [1.807, 2.05) is 0 Å². The smallest absolute Gasteiger partial charge is 0.339 e. The van der Waals surface area contributed by atoms with Crippen LogP contribution < -0.4 is 16.0 Å². The van der Waals surface area contributed by atoms with Gasteiger partial charge in [-0.05, 0) is 15.9 Å². The molecule has 0 aliphatic carbocycles. The fraction of sp³-hybridized carbons (Fsp3) is 0.167. The van der Waals surface area contributed by atoms with Crippen molar-refractivity contribution >= 4 is 27.8 Å². The number of carbonyl (C=O) groups excluding carboxylic acids is 1. The molecule has 0 aromatic carbocycles. The number of hydrogen-bond acceptors (Lipinski definition) is 5. The van der Waals surface area contributed by atoms with Crippen molar-refractivity contribution in [3.63, 3.8) is 0 Å². The first-order chi connectivity index (χ1) is 7.10. The number of nitrogens with zero attached hydrogens (tertiary/aromatic N) is 3. The molecule has 15 heavy (non-hydrogen) atoms. The molecule has 1 aromatic heterocycles. The second-order valence-electron chi connectivity index (χ2n) is 2.33. The standard InChI is InChI=1S/C6H6BrN5O3/c1-8-6(14)12(11-15)4-3(7)2-9-5(13)10-4/h2H,1H3,(H,8,14)(H,9,10,13). The molecular weight excluding hydrogens is 270 g/mol. The summed E-state index contributed by atoms with van der Waals surface area (Å²) in [5, 5.41) is 5.13. The molecule has 0 aliphatic heterocycles. The van der Waals surface area contributed by atoms with E-state index < -0.39 is 11.7 Å². The lowest BCUT2D eigenvalue weighted by atomic mass is 10.5. The molecule has 0 radical (unpaired) electrons. The maximum absolute atomic E-state index is 11.2. The molecule has 0 fully saturated rings. The largest absolute Gasteiger partial charge is 0.346 e. The number of nitroso groups, excluding NO2 is 1. The summed E-state index contributed by atoms with van der Waals surface area (Å²) in [6.45, 7) is 0. The monoisotopic (exact) mass is 275 g/mol. The molecule has 0 saturated heterocycles. The first-order valence-corrected chi connectivity index (χ1v) is 4.49. The van der Waals surface area contributed by atoms with Gasteiger partial charge in [0.2, 0.25) is 0 Å². The lowest BCUT2D eigenvalue weighted by Crippen LogP contribution is -2.35. The minimum atomic E-state index is -0.771. The number of amides is 2. The fourth-order valence-electron chi connectivity index (χ4n) is 0.809. The summed E-state index contributed by atoms with van der Waals surface area (Å²) in [4.78, 5) is 38.1. The van der Waals surface area contributed by atoms with Gasteiger partial charge < -0.3 is 5.32 Å². The van der Waals surface area contributed by atoms with Crippen LogP contribution in [0, 0.1) is 4.91 Å². The predicted octanol–water partition coefficient (Wildman–Crippen LogP) is 0.360. The van der Waals surface area contributed by atoms with Crippen LogP contribution in [0.3, 0.4) is 0 Å². The maximum Gasteiger partial charge on any atom is 0.346 e. The molecule has 80 valence electrons. The summed E-state index contributed by atoms with van der Waals surface area (Å²) in [6.07, 6.45) is 1.16. The Morgan fingerprint density at radius 2 is 2.40 bits per heavy atom. The minimum absolute atomic E-state index is 0.0793. The van der Waals surface area contributed by atoms with Crippen LogP contribution in [0.2, 0.25) is 0 Å². The number of rotatable bonds is 2. The molecule has 1 aromatic rings. The lowest BCUT2D eigenvalue weighted by molar-refractivity contribution is 0.248. The maximum atomic E-state index is 11.2. The first kappa shape index (κ1) is 11.3. The van der Waals surface area contributed by atoms with Gasteiger partial charge in [-0.25, -0.2) is 14.6 Å². The van der Waals surface area contributed by atoms with Crippen LogP contribution in [0.4, 0.5) is 10.6 Å². The zero-order valence-corrected chi connectivity index (χ0v) is 9.11. The Kier molecular flexibility index (Phi) is 3.50. The van der Waals surface area contributed by atoms with Crippen molar-refractivity contribution in [1.82, 2.24) is 15.3 Å². The van der Waals surface area contributed by atoms with Gasteiger partial charge in [-0.1, -0.05) is 0 Å². The molecular formula is C6H6BrN5O3. The highest BCUT2D eigenvalue weighted by atomic mass is 79.9. The van der Waals surface area contributed by atoms with Gasteiger partial charge in [-0.15, -0.1) is 9.92 Å². The van der Waals surface area contributed by atoms with Gasteiger partial charge >= 0.3 is 11.7 Å². The molecule has 9 heteroatoms. The quantitative estimate of drug-likeness (QED) is 0.600. The summed E-state index contributed by atoms with van der Waals surface area (Å²) < 4.78 is 0.269. The predicted molar refractivity (Wildman–Crippen MR) is 55.3 cm³/mol. The van der Waals surface area contributed by atoms with Gasteiger partial charge in [0.1, 0.15) is 0 Å². The van der Waals surface area contributed by atoms with E-state index in [2.05, 4.69) is 36.5 Å². The fourth-order valence-corrected chi connectivity index (χ4v) is 1.18. The van der Waals surface area contributed by atoms with Gasteiger partial charge in [0.05, 0.1) is 16.0 Å². The zero-order chi connectivity index (χ0) is 11.4. The minimum Gasteiger partial charge on any atom is -0.339 e. The normalized spacial score (nSPS) is 9.47. The van der Waals surface area contributed by atoms with Gasteiger partial charge in [0.15, 0.2) is 5.82 Å². The Bertz CT molecular complexity index is 445. The number of nitrogens with one attached hydrogen (secondary N) is 2. The summed E-state index contributed by atoms with van der Waals surface area (Å²) in [7, 11) is 1.33. The van der Waals surface area contributed by atoms with Gasteiger partial charge in [-0.2, -0.15) is 0 Å². The van der Waals surface area contributed by atoms with E-state index in [1.54, 1.807) is 0 Å². The molecule has 1 heterocycles. The van der Waals surface area contributed by atoms with E-state index in [1.165, 1.54) is 7.05 Å². The molecule has 0 atom stereocenters. The van der Waals surface area contributed by atoms with E-state index in [0.29, 0.717) is 5.01 Å². The molecule has 1 rings (SSSR count). The number of carbonyl (C=O) groups is 1. The second kappa shape index (κ2) is 4.64. The average molecular weight is 276 g/mol. The number of urea groups is 1. The highest BCUT2D eigenvalue weighted by Crippen LogP contribution is 2.21. The third kappa shape index (κ3) is 2.37. The van der Waals surface area contributed by atoms with Crippen molar-refractivity contribution in [2.75, 3.05) is 12.1 Å². The van der Waals surface area contributed by atoms with E-state index in [4.69, 9.17) is 0 Å². The highest BCUT2D eigenvalue weighted by molar-refractivity contribution is 9.10. The Morgan fingerprint density at radius 1 is 1.73 bits per heavy atom. The second-order valence-corrected chi connectivity index (χ2v) is 3.19. The first-order valence-electron chi connectivity index (χ1n) is 3.70. The van der Waals surface area contributed by atoms with E-state index in [9.17, 15) is 14.5 Å². The van der Waals surface area contributed by atoms with Gasteiger partial charge in [0.25, 0.3) is 0 Å². The number of H-pyrrole nitrogens is 1. The SMILES string of the molecule is CNC(=O)N(N=O)c1[nH]c(=O)ncc1Br. The summed E-state index contributed by atoms with van der Waals surface area (Å²) in [5.41, 5.74) is -0.689. The van der Waals surface area contributed by atoms with E-state index in [0.717, 1.165) is 6.20 Å². The number of anilines is 1. The van der Waals surface area contributed by atoms with Crippen molar-refractivity contribution in [2.45, 2.75) is 0 Å². The van der Waals surface area contributed by atoms with E-state index in [-0.39, 0.29) is 10.3 Å². The molecule has 0 spiro atoms. The number of aromatic nitrogens is 2. The topological polar surface area (TPSA) is 108 Å². The Morgan fingerprint density at radius 3 is 2.93 bits per heavy atom. The van der Waals surface area contributed by atoms with Crippen LogP contribution in [-0.4, -0.2) is 23.0 Å². The zero-order valence-electron chi connectivity index (χ0n) is 7.52. The molecule has 2 N–H and O–H groups in total. The molecule has 0 unspecified atom stereocenters. The van der Waals surface area contributed by atoms with Crippen LogP contribution in [0.5, 0.6) is 0 Å². The van der Waals surface area contributed by atoms with Crippen LogP contribution in [0.15, 0.2) is 20.7 Å². The van der Waals surface area contributed by atoms with E-state index >= 15 is 0 Å². The average Bonchev–Trinajstić information content (AvgIpc) is 2.23. The Labute approximate surface area is 91.8 Å². The van der Waals surface area contributed by atoms with Crippen LogP contribution >= 0.6 is 15.9 Å². The van der Waals surface area contributed by atoms with Crippen LogP contribution in [0.25, 0.3) is 0 Å². The Balaban J connectivity index is 3.23. The summed E-state index contributed by atoms with van der Waals surface area (Å²) >= 11 is 3.02. The summed E-state index contributed by atoms with van der Waals surface area (Å²) in [6, 6.07) is -0.771. The van der Waals surface area contributed by atoms with Crippen molar-refractivity contribution in [1.29, 1.82) is 0 Å². The van der Waals surface area contributed by atoms with Crippen molar-refractivity contribution in [3.8, 4) is 0 Å². The van der Waals surface area contributed by atoms with Gasteiger partial charge in [-0.3, -0.25) is 4.98 Å². The molecule has 0 aliphatic rings. The molecule has 8 nitrogen and oxygen atoms in total. The van der Waals surface area contributed by atoms with Crippen molar-refractivity contribution in [2.24, 2.45) is 5.29 Å². The van der Waals surface area contributed by atoms with Crippen LogP contribution in [-0.2, 0) is 0 Å². The van der Waals surface area contributed by atoms with Crippen LogP contribution in [0.1, 0.15) is 0 Å². The molecule has 0 saturated carbocycles. The number of halogens is 1. The van der Waals surface area contributed by atoms with Gasteiger partial charge in [0, 0.05) is 7.05 Å². The van der Waals surface area contributed by atoms with Crippen molar-refractivity contribution < 1.29 is 4.79 Å². The number of hydrogen-bond donors (Lipinski definition) is 2. The van der Waals surface area contributed by atoms with Crippen molar-refractivity contribution in [3.05, 3.63) is 26.1 Å². The number of aromatic amines is 1. The third-order valence-corrected chi connectivity index (χ3v) is 2.03. The third-order valence-electron chi connectivity index (χ3n) is 1.45. The molecule has 2 amide bonds. The lowest BCUT2D eigenvalue weighted by Gasteiger charge is -2.12. The summed E-state index contributed by atoms with van der Waals surface area (Å²) in [5.74, 6) is -0.0793. The highest BCUT2D eigenvalue weighted by Gasteiger charge is 2.19.